The molecule has 0 aromatic heterocycles. The number of aryl methyl sites for hydroxylation is 2. The zero-order chi connectivity index (χ0) is 12.5. The van der Waals surface area contributed by atoms with Gasteiger partial charge < -0.3 is 10.5 Å². The summed E-state index contributed by atoms with van der Waals surface area (Å²) in [5.41, 5.74) is 10.8. The van der Waals surface area contributed by atoms with E-state index in [0.717, 1.165) is 19.4 Å². The predicted molar refractivity (Wildman–Crippen MR) is 73.7 cm³/mol. The lowest BCUT2D eigenvalue weighted by Gasteiger charge is -2.22. The monoisotopic (exact) mass is 245 g/mol. The number of rotatable bonds is 3. The van der Waals surface area contributed by atoms with Crippen molar-refractivity contribution in [3.05, 3.63) is 34.9 Å². The summed E-state index contributed by atoms with van der Waals surface area (Å²) in [7, 11) is 0. The Bertz CT molecular complexity index is 429. The molecule has 3 rings (SSSR count). The molecule has 2 N–H and O–H groups in total. The normalized spacial score (nSPS) is 28.3. The van der Waals surface area contributed by atoms with Gasteiger partial charge in [-0.2, -0.15) is 0 Å². The average molecular weight is 245 g/mol. The lowest BCUT2D eigenvalue weighted by molar-refractivity contribution is 0.0726. The first-order valence-electron chi connectivity index (χ1n) is 7.22. The molecule has 1 aliphatic heterocycles. The van der Waals surface area contributed by atoms with Gasteiger partial charge in [0.2, 0.25) is 0 Å². The van der Waals surface area contributed by atoms with Crippen molar-refractivity contribution in [3.63, 3.8) is 0 Å². The Kier molecular flexibility index (Phi) is 3.40. The summed E-state index contributed by atoms with van der Waals surface area (Å²) in [6.07, 6.45) is 6.16. The van der Waals surface area contributed by atoms with Gasteiger partial charge in [0.1, 0.15) is 0 Å². The van der Waals surface area contributed by atoms with Crippen LogP contribution in [0.15, 0.2) is 18.2 Å². The van der Waals surface area contributed by atoms with Crippen molar-refractivity contribution in [2.45, 2.75) is 51.2 Å². The molecule has 0 saturated carbocycles. The number of hydrogen-bond acceptors (Lipinski definition) is 2. The van der Waals surface area contributed by atoms with Crippen LogP contribution in [0, 0.1) is 5.92 Å². The van der Waals surface area contributed by atoms with Gasteiger partial charge in [-0.15, -0.1) is 0 Å². The number of nitrogens with two attached hydrogens (primary N) is 1. The molecule has 0 bridgehead atoms. The van der Waals surface area contributed by atoms with Crippen LogP contribution in [0.4, 0.5) is 0 Å². The minimum absolute atomic E-state index is 0.141. The number of ether oxygens (including phenoxy) is 1. The molecule has 1 aromatic carbocycles. The van der Waals surface area contributed by atoms with Gasteiger partial charge in [0.15, 0.2) is 0 Å². The Morgan fingerprint density at radius 1 is 1.33 bits per heavy atom. The van der Waals surface area contributed by atoms with Gasteiger partial charge in [-0.3, -0.25) is 0 Å². The van der Waals surface area contributed by atoms with Gasteiger partial charge in [0, 0.05) is 12.6 Å². The fourth-order valence-electron chi connectivity index (χ4n) is 3.40. The second-order valence-electron chi connectivity index (χ2n) is 5.93. The van der Waals surface area contributed by atoms with E-state index in [4.69, 9.17) is 10.5 Å². The fourth-order valence-corrected chi connectivity index (χ4v) is 3.40. The maximum atomic E-state index is 6.32. The molecule has 2 aliphatic rings. The van der Waals surface area contributed by atoms with Gasteiger partial charge in [0.05, 0.1) is 6.10 Å². The molecular weight excluding hydrogens is 222 g/mol. The molecular formula is C16H23NO. The molecule has 0 amide bonds. The molecule has 1 saturated heterocycles. The zero-order valence-electron chi connectivity index (χ0n) is 11.2. The minimum Gasteiger partial charge on any atom is -0.376 e. The predicted octanol–water partition coefficient (Wildman–Crippen LogP) is 2.47. The number of fused-ring (bicyclic) bond motifs is 1. The molecule has 18 heavy (non-hydrogen) atoms. The van der Waals surface area contributed by atoms with Gasteiger partial charge in [-0.1, -0.05) is 25.1 Å². The van der Waals surface area contributed by atoms with Gasteiger partial charge >= 0.3 is 0 Å². The van der Waals surface area contributed by atoms with E-state index in [0.29, 0.717) is 5.92 Å². The quantitative estimate of drug-likeness (QED) is 0.888. The van der Waals surface area contributed by atoms with Crippen LogP contribution in [-0.4, -0.2) is 18.8 Å². The fraction of sp³-hybridized carbons (Fsp3) is 0.625. The highest BCUT2D eigenvalue weighted by atomic mass is 16.5. The van der Waals surface area contributed by atoms with Crippen molar-refractivity contribution >= 4 is 0 Å². The van der Waals surface area contributed by atoms with Crippen molar-refractivity contribution in [2.24, 2.45) is 11.7 Å². The Morgan fingerprint density at radius 3 is 2.94 bits per heavy atom. The third-order valence-corrected chi connectivity index (χ3v) is 4.50. The smallest absolute Gasteiger partial charge is 0.0755 e. The number of benzene rings is 1. The van der Waals surface area contributed by atoms with Crippen molar-refractivity contribution < 1.29 is 4.74 Å². The highest BCUT2D eigenvalue weighted by Gasteiger charge is 2.29. The average Bonchev–Trinajstić information content (AvgIpc) is 2.96. The van der Waals surface area contributed by atoms with E-state index in [1.165, 1.54) is 30.4 Å². The van der Waals surface area contributed by atoms with E-state index in [1.807, 2.05) is 0 Å². The Labute approximate surface area is 110 Å². The first-order valence-corrected chi connectivity index (χ1v) is 7.22. The van der Waals surface area contributed by atoms with Crippen LogP contribution in [0.2, 0.25) is 0 Å². The lowest BCUT2D eigenvalue weighted by Crippen LogP contribution is -2.39. The van der Waals surface area contributed by atoms with Crippen molar-refractivity contribution in [2.75, 3.05) is 6.61 Å². The standard InChI is InChI=1S/C16H23NO/c1-11-7-8-18-16(11)15(17)10-12-5-6-13-3-2-4-14(13)9-12/h5-6,9,11,15-16H,2-4,7-8,10,17H2,1H3. The molecule has 98 valence electrons. The second-order valence-corrected chi connectivity index (χ2v) is 5.93. The summed E-state index contributed by atoms with van der Waals surface area (Å²) in [4.78, 5) is 0. The van der Waals surface area contributed by atoms with Crippen LogP contribution < -0.4 is 5.73 Å². The van der Waals surface area contributed by atoms with E-state index >= 15 is 0 Å². The molecule has 3 unspecified atom stereocenters. The highest BCUT2D eigenvalue weighted by Crippen LogP contribution is 2.26. The largest absolute Gasteiger partial charge is 0.376 e. The SMILES string of the molecule is CC1CCOC1C(N)Cc1ccc2c(c1)CCC2. The molecule has 3 atom stereocenters. The maximum absolute atomic E-state index is 6.32. The van der Waals surface area contributed by atoms with E-state index in [-0.39, 0.29) is 12.1 Å². The Hall–Kier alpha value is -0.860. The van der Waals surface area contributed by atoms with Crippen LogP contribution in [0.3, 0.4) is 0 Å². The van der Waals surface area contributed by atoms with E-state index in [9.17, 15) is 0 Å². The van der Waals surface area contributed by atoms with Crippen LogP contribution in [0.1, 0.15) is 36.5 Å². The summed E-state index contributed by atoms with van der Waals surface area (Å²) in [6, 6.07) is 7.05. The second kappa shape index (κ2) is 5.02. The van der Waals surface area contributed by atoms with Gasteiger partial charge in [0.25, 0.3) is 0 Å². The third-order valence-electron chi connectivity index (χ3n) is 4.50. The summed E-state index contributed by atoms with van der Waals surface area (Å²) < 4.78 is 5.77. The van der Waals surface area contributed by atoms with E-state index in [1.54, 1.807) is 5.56 Å². The van der Waals surface area contributed by atoms with Crippen LogP contribution >= 0.6 is 0 Å². The van der Waals surface area contributed by atoms with E-state index < -0.39 is 0 Å². The summed E-state index contributed by atoms with van der Waals surface area (Å²) in [6.45, 7) is 3.13. The van der Waals surface area contributed by atoms with Crippen LogP contribution in [-0.2, 0) is 24.0 Å². The van der Waals surface area contributed by atoms with Crippen LogP contribution in [0.25, 0.3) is 0 Å². The topological polar surface area (TPSA) is 35.2 Å². The summed E-state index contributed by atoms with van der Waals surface area (Å²) >= 11 is 0. The van der Waals surface area contributed by atoms with E-state index in [2.05, 4.69) is 25.1 Å². The zero-order valence-corrected chi connectivity index (χ0v) is 11.2. The first kappa shape index (κ1) is 12.2. The molecule has 0 radical (unpaired) electrons. The first-order chi connectivity index (χ1) is 8.74. The number of hydrogen-bond donors (Lipinski definition) is 1. The van der Waals surface area contributed by atoms with Crippen molar-refractivity contribution in [3.8, 4) is 0 Å². The maximum Gasteiger partial charge on any atom is 0.0755 e. The van der Waals surface area contributed by atoms with Gasteiger partial charge in [-0.05, 0) is 54.7 Å². The molecule has 1 heterocycles. The molecule has 2 nitrogen and oxygen atoms in total. The molecule has 1 fully saturated rings. The van der Waals surface area contributed by atoms with Crippen molar-refractivity contribution in [1.82, 2.24) is 0 Å². The molecule has 1 aromatic rings. The third kappa shape index (κ3) is 2.32. The molecule has 0 spiro atoms. The summed E-state index contributed by atoms with van der Waals surface area (Å²) in [5.74, 6) is 0.606. The Balaban J connectivity index is 1.68. The molecule has 2 heteroatoms. The van der Waals surface area contributed by atoms with Crippen LogP contribution in [0.5, 0.6) is 0 Å². The van der Waals surface area contributed by atoms with Gasteiger partial charge in [-0.25, -0.2) is 0 Å². The minimum atomic E-state index is 0.141. The lowest BCUT2D eigenvalue weighted by atomic mass is 9.92. The Morgan fingerprint density at radius 2 is 2.17 bits per heavy atom. The molecule has 1 aliphatic carbocycles. The summed E-state index contributed by atoms with van der Waals surface area (Å²) in [5, 5.41) is 0. The van der Waals surface area contributed by atoms with Crippen molar-refractivity contribution in [1.29, 1.82) is 0 Å². The highest BCUT2D eigenvalue weighted by molar-refractivity contribution is 5.35.